The number of allylic oxidation sites excluding steroid dienone is 1. The van der Waals surface area contributed by atoms with Gasteiger partial charge in [0.2, 0.25) is 0 Å². The maximum absolute atomic E-state index is 5.68. The smallest absolute Gasteiger partial charge is 0.151 e. The summed E-state index contributed by atoms with van der Waals surface area (Å²) in [5, 5.41) is 0. The van der Waals surface area contributed by atoms with E-state index in [0.717, 1.165) is 37.4 Å². The molecular weight excluding hydrogens is 190 g/mol. The highest BCUT2D eigenvalue weighted by Crippen LogP contribution is 2.13. The topological polar surface area (TPSA) is 60.0 Å². The lowest BCUT2D eigenvalue weighted by molar-refractivity contribution is 0.187. The summed E-state index contributed by atoms with van der Waals surface area (Å²) in [5.74, 6) is 1.18. The quantitative estimate of drug-likeness (QED) is 0.564. The van der Waals surface area contributed by atoms with E-state index in [9.17, 15) is 0 Å². The third-order valence-electron chi connectivity index (χ3n) is 2.60. The summed E-state index contributed by atoms with van der Waals surface area (Å²) in [6, 6.07) is 0. The maximum atomic E-state index is 5.68. The van der Waals surface area contributed by atoms with E-state index in [2.05, 4.69) is 16.7 Å². The van der Waals surface area contributed by atoms with Crippen molar-refractivity contribution in [1.82, 2.24) is 0 Å². The molecule has 0 aliphatic carbocycles. The highest BCUT2D eigenvalue weighted by molar-refractivity contribution is 6.00. The molecule has 1 rings (SSSR count). The van der Waals surface area contributed by atoms with E-state index in [-0.39, 0.29) is 0 Å². The molecule has 0 amide bonds. The molecule has 1 atom stereocenters. The molecule has 0 aromatic rings. The lowest BCUT2D eigenvalue weighted by Gasteiger charge is -2.06. The zero-order valence-electron chi connectivity index (χ0n) is 9.49. The molecule has 1 fully saturated rings. The summed E-state index contributed by atoms with van der Waals surface area (Å²) in [7, 11) is 0. The molecule has 4 nitrogen and oxygen atoms in total. The van der Waals surface area contributed by atoms with Crippen LogP contribution in [0.25, 0.3) is 0 Å². The van der Waals surface area contributed by atoms with E-state index >= 15 is 0 Å². The normalized spacial score (nSPS) is 23.9. The molecule has 15 heavy (non-hydrogen) atoms. The Balaban J connectivity index is 2.61. The number of ether oxygens (including phenoxy) is 1. The Bertz CT molecular complexity index is 284. The highest BCUT2D eigenvalue weighted by atomic mass is 16.5. The van der Waals surface area contributed by atoms with Gasteiger partial charge in [-0.15, -0.1) is 0 Å². The molecule has 0 aromatic carbocycles. The molecule has 2 N–H and O–H groups in total. The second kappa shape index (κ2) is 5.66. The van der Waals surface area contributed by atoms with Crippen LogP contribution in [0, 0.1) is 5.92 Å². The molecule has 84 valence electrons. The van der Waals surface area contributed by atoms with E-state index in [1.165, 1.54) is 0 Å². The molecule has 0 spiro atoms. The second-order valence-corrected chi connectivity index (χ2v) is 3.86. The van der Waals surface area contributed by atoms with Crippen LogP contribution in [0.3, 0.4) is 0 Å². The van der Waals surface area contributed by atoms with Gasteiger partial charge >= 0.3 is 0 Å². The Morgan fingerprint density at radius 2 is 2.27 bits per heavy atom. The van der Waals surface area contributed by atoms with Crippen LogP contribution in [0.5, 0.6) is 0 Å². The molecular formula is C11H19N3O. The van der Waals surface area contributed by atoms with Crippen LogP contribution in [0.2, 0.25) is 0 Å². The van der Waals surface area contributed by atoms with E-state index < -0.39 is 0 Å². The van der Waals surface area contributed by atoms with E-state index in [1.807, 2.05) is 13.8 Å². The van der Waals surface area contributed by atoms with Crippen molar-refractivity contribution < 1.29 is 4.74 Å². The first-order valence-electron chi connectivity index (χ1n) is 5.17. The van der Waals surface area contributed by atoms with Gasteiger partial charge in [0.1, 0.15) is 0 Å². The van der Waals surface area contributed by atoms with Crippen LogP contribution in [0.1, 0.15) is 20.3 Å². The minimum Gasteiger partial charge on any atom is -0.402 e. The molecule has 1 aliphatic rings. The fourth-order valence-electron chi connectivity index (χ4n) is 1.41. The fraction of sp³-hybridized carbons (Fsp3) is 0.636. The van der Waals surface area contributed by atoms with Crippen molar-refractivity contribution in [3.8, 4) is 0 Å². The third-order valence-corrected chi connectivity index (χ3v) is 2.60. The molecule has 0 bridgehead atoms. The minimum absolute atomic E-state index is 0.521. The van der Waals surface area contributed by atoms with Crippen LogP contribution in [-0.4, -0.2) is 32.3 Å². The number of amidine groups is 1. The summed E-state index contributed by atoms with van der Waals surface area (Å²) in [6.45, 7) is 9.66. The number of nitrogens with zero attached hydrogens (tertiary/aromatic N) is 2. The average Bonchev–Trinajstić information content (AvgIpc) is 2.71. The highest BCUT2D eigenvalue weighted by Gasteiger charge is 2.15. The Morgan fingerprint density at radius 3 is 2.73 bits per heavy atom. The molecule has 0 radical (unpaired) electrons. The lowest BCUT2D eigenvalue weighted by Crippen LogP contribution is -2.09. The van der Waals surface area contributed by atoms with Crippen LogP contribution < -0.4 is 5.73 Å². The van der Waals surface area contributed by atoms with Gasteiger partial charge in [-0.05, 0) is 27.0 Å². The zero-order chi connectivity index (χ0) is 11.3. The van der Waals surface area contributed by atoms with Crippen molar-refractivity contribution in [3.05, 3.63) is 11.3 Å². The van der Waals surface area contributed by atoms with Crippen LogP contribution in [0.4, 0.5) is 0 Å². The van der Waals surface area contributed by atoms with E-state index in [0.29, 0.717) is 11.8 Å². The zero-order valence-corrected chi connectivity index (χ0v) is 9.49. The molecule has 0 aromatic heterocycles. The average molecular weight is 209 g/mol. The minimum atomic E-state index is 0.521. The van der Waals surface area contributed by atoms with Crippen molar-refractivity contribution in [1.29, 1.82) is 0 Å². The van der Waals surface area contributed by atoms with Crippen molar-refractivity contribution in [2.75, 3.05) is 19.8 Å². The van der Waals surface area contributed by atoms with Gasteiger partial charge in [-0.25, -0.2) is 4.99 Å². The van der Waals surface area contributed by atoms with Gasteiger partial charge in [0.05, 0.1) is 6.61 Å². The van der Waals surface area contributed by atoms with Gasteiger partial charge in [-0.2, -0.15) is 0 Å². The Hall–Kier alpha value is -1.16. The van der Waals surface area contributed by atoms with Crippen molar-refractivity contribution in [3.63, 3.8) is 0 Å². The predicted molar refractivity (Wildman–Crippen MR) is 63.3 cm³/mol. The summed E-state index contributed by atoms with van der Waals surface area (Å²) >= 11 is 0. The van der Waals surface area contributed by atoms with Gasteiger partial charge in [0, 0.05) is 30.3 Å². The van der Waals surface area contributed by atoms with Crippen molar-refractivity contribution in [2.24, 2.45) is 21.6 Å². The fourth-order valence-corrected chi connectivity index (χ4v) is 1.41. The standard InChI is InChI=1S/C11H19N3O/c1-8(9(2)12)11(13-3)14-6-10-4-5-15-7-10/h10H,3-7,12H2,1-2H3. The molecule has 0 saturated carbocycles. The molecule has 1 heterocycles. The van der Waals surface area contributed by atoms with Crippen LogP contribution >= 0.6 is 0 Å². The summed E-state index contributed by atoms with van der Waals surface area (Å²) in [6.07, 6.45) is 1.08. The van der Waals surface area contributed by atoms with Gasteiger partial charge in [-0.3, -0.25) is 4.99 Å². The lowest BCUT2D eigenvalue weighted by atomic mass is 10.1. The van der Waals surface area contributed by atoms with E-state index in [4.69, 9.17) is 10.5 Å². The van der Waals surface area contributed by atoms with Crippen molar-refractivity contribution >= 4 is 12.6 Å². The first kappa shape index (κ1) is 11.9. The number of rotatable bonds is 3. The monoisotopic (exact) mass is 209 g/mol. The maximum Gasteiger partial charge on any atom is 0.151 e. The SMILES string of the molecule is C=NC(=NCC1CCOC1)C(C)=C(C)N. The third kappa shape index (κ3) is 3.47. The Kier molecular flexibility index (Phi) is 4.49. The first-order valence-corrected chi connectivity index (χ1v) is 5.17. The molecule has 1 unspecified atom stereocenters. The molecule has 4 heteroatoms. The largest absolute Gasteiger partial charge is 0.402 e. The van der Waals surface area contributed by atoms with E-state index in [1.54, 1.807) is 0 Å². The summed E-state index contributed by atoms with van der Waals surface area (Å²) in [4.78, 5) is 8.31. The Morgan fingerprint density at radius 1 is 1.53 bits per heavy atom. The number of hydrogen-bond acceptors (Lipinski definition) is 3. The van der Waals surface area contributed by atoms with Crippen LogP contribution in [0.15, 0.2) is 21.3 Å². The number of hydrogen-bond donors (Lipinski definition) is 1. The number of aliphatic imine (C=N–C) groups is 2. The first-order chi connectivity index (χ1) is 7.15. The summed E-state index contributed by atoms with van der Waals surface area (Å²) < 4.78 is 5.28. The van der Waals surface area contributed by atoms with Gasteiger partial charge in [0.25, 0.3) is 0 Å². The predicted octanol–water partition coefficient (Wildman–Crippen LogP) is 1.37. The van der Waals surface area contributed by atoms with Crippen molar-refractivity contribution in [2.45, 2.75) is 20.3 Å². The van der Waals surface area contributed by atoms with Gasteiger partial charge < -0.3 is 10.5 Å². The van der Waals surface area contributed by atoms with Crippen LogP contribution in [-0.2, 0) is 4.74 Å². The molecule has 1 saturated heterocycles. The van der Waals surface area contributed by atoms with Gasteiger partial charge in [-0.1, -0.05) is 0 Å². The molecule has 1 aliphatic heterocycles. The Labute approximate surface area is 90.9 Å². The van der Waals surface area contributed by atoms with Gasteiger partial charge in [0.15, 0.2) is 5.84 Å². The number of nitrogens with two attached hydrogens (primary N) is 1. The second-order valence-electron chi connectivity index (χ2n) is 3.86. The summed E-state index contributed by atoms with van der Waals surface area (Å²) in [5.41, 5.74) is 7.33.